The zero-order valence-electron chi connectivity index (χ0n) is 10.6. The normalized spacial score (nSPS) is 23.2. The molecule has 0 saturated heterocycles. The van der Waals surface area contributed by atoms with Gasteiger partial charge in [0.05, 0.1) is 6.10 Å². The van der Waals surface area contributed by atoms with Crippen LogP contribution in [0, 0.1) is 0 Å². The van der Waals surface area contributed by atoms with Crippen LogP contribution in [0.25, 0.3) is 11.0 Å². The Labute approximate surface area is 107 Å². The Morgan fingerprint density at radius 2 is 2.39 bits per heavy atom. The van der Waals surface area contributed by atoms with E-state index in [0.29, 0.717) is 12.1 Å². The number of nitrogens with zero attached hydrogens (tertiary/aromatic N) is 1. The van der Waals surface area contributed by atoms with Gasteiger partial charge >= 0.3 is 0 Å². The second-order valence-electron chi connectivity index (χ2n) is 4.84. The first-order valence-electron chi connectivity index (χ1n) is 6.62. The summed E-state index contributed by atoms with van der Waals surface area (Å²) >= 11 is 0. The molecule has 0 bridgehead atoms. The molecule has 2 aromatic heterocycles. The Morgan fingerprint density at radius 1 is 1.50 bits per heavy atom. The molecule has 4 nitrogen and oxygen atoms in total. The van der Waals surface area contributed by atoms with E-state index in [4.69, 9.17) is 4.74 Å². The van der Waals surface area contributed by atoms with E-state index in [-0.39, 0.29) is 0 Å². The van der Waals surface area contributed by atoms with Gasteiger partial charge in [-0.1, -0.05) is 0 Å². The molecule has 3 rings (SSSR count). The maximum atomic E-state index is 5.56. The Bertz CT molecular complexity index is 516. The van der Waals surface area contributed by atoms with Gasteiger partial charge in [-0.15, -0.1) is 0 Å². The van der Waals surface area contributed by atoms with Crippen LogP contribution in [0.15, 0.2) is 24.5 Å². The SMILES string of the molecule is CCOC1CC(NCc2c[nH]c3ncccc23)C1. The number of H-pyrrole nitrogens is 1. The number of nitrogens with one attached hydrogen (secondary N) is 2. The summed E-state index contributed by atoms with van der Waals surface area (Å²) in [5, 5.41) is 4.79. The highest BCUT2D eigenvalue weighted by atomic mass is 16.5. The molecule has 0 radical (unpaired) electrons. The van der Waals surface area contributed by atoms with E-state index in [1.165, 1.54) is 10.9 Å². The summed E-state index contributed by atoms with van der Waals surface area (Å²) in [6.45, 7) is 3.78. The molecule has 1 aliphatic rings. The molecule has 2 heterocycles. The monoisotopic (exact) mass is 245 g/mol. The lowest BCUT2D eigenvalue weighted by atomic mass is 9.89. The van der Waals surface area contributed by atoms with Gasteiger partial charge in [0.15, 0.2) is 0 Å². The van der Waals surface area contributed by atoms with Crippen LogP contribution in [0.2, 0.25) is 0 Å². The molecule has 0 spiro atoms. The maximum absolute atomic E-state index is 5.56. The van der Waals surface area contributed by atoms with Crippen molar-refractivity contribution in [1.82, 2.24) is 15.3 Å². The van der Waals surface area contributed by atoms with Crippen molar-refractivity contribution in [3.05, 3.63) is 30.1 Å². The molecule has 2 aromatic rings. The topological polar surface area (TPSA) is 49.9 Å². The second kappa shape index (κ2) is 5.08. The van der Waals surface area contributed by atoms with Gasteiger partial charge in [0.2, 0.25) is 0 Å². The highest BCUT2D eigenvalue weighted by Gasteiger charge is 2.28. The molecule has 0 aromatic carbocycles. The molecule has 2 N–H and O–H groups in total. The Kier molecular flexibility index (Phi) is 3.30. The van der Waals surface area contributed by atoms with Crippen molar-refractivity contribution in [2.75, 3.05) is 6.61 Å². The summed E-state index contributed by atoms with van der Waals surface area (Å²) in [5.41, 5.74) is 2.26. The zero-order chi connectivity index (χ0) is 12.4. The minimum atomic E-state index is 0.470. The molecule has 4 heteroatoms. The van der Waals surface area contributed by atoms with Crippen molar-refractivity contribution in [1.29, 1.82) is 0 Å². The van der Waals surface area contributed by atoms with Crippen molar-refractivity contribution in [3.63, 3.8) is 0 Å². The van der Waals surface area contributed by atoms with Gasteiger partial charge in [-0.2, -0.15) is 0 Å². The maximum Gasteiger partial charge on any atom is 0.137 e. The van der Waals surface area contributed by atoms with Crippen molar-refractivity contribution < 1.29 is 4.74 Å². The van der Waals surface area contributed by atoms with E-state index >= 15 is 0 Å². The first-order chi connectivity index (χ1) is 8.86. The molecule has 1 fully saturated rings. The molecule has 0 amide bonds. The Morgan fingerprint density at radius 3 is 3.22 bits per heavy atom. The van der Waals surface area contributed by atoms with Crippen LogP contribution < -0.4 is 5.32 Å². The fourth-order valence-electron chi connectivity index (χ4n) is 2.52. The summed E-state index contributed by atoms with van der Waals surface area (Å²) in [6, 6.07) is 4.69. The molecular formula is C14H19N3O. The number of aromatic nitrogens is 2. The van der Waals surface area contributed by atoms with E-state index < -0.39 is 0 Å². The molecular weight excluding hydrogens is 226 g/mol. The predicted octanol–water partition coefficient (Wildman–Crippen LogP) is 2.22. The van der Waals surface area contributed by atoms with Crippen LogP contribution in [-0.2, 0) is 11.3 Å². The van der Waals surface area contributed by atoms with Crippen LogP contribution in [0.4, 0.5) is 0 Å². The highest BCUT2D eigenvalue weighted by molar-refractivity contribution is 5.79. The fourth-order valence-corrected chi connectivity index (χ4v) is 2.52. The predicted molar refractivity (Wildman–Crippen MR) is 71.4 cm³/mol. The molecule has 1 aliphatic carbocycles. The molecule has 0 unspecified atom stereocenters. The van der Waals surface area contributed by atoms with Crippen molar-refractivity contribution in [2.45, 2.75) is 38.5 Å². The van der Waals surface area contributed by atoms with Gasteiger partial charge in [-0.25, -0.2) is 4.98 Å². The van der Waals surface area contributed by atoms with Gasteiger partial charge in [-0.3, -0.25) is 0 Å². The number of fused-ring (bicyclic) bond motifs is 1. The van der Waals surface area contributed by atoms with Gasteiger partial charge in [0, 0.05) is 37.0 Å². The molecule has 1 saturated carbocycles. The van der Waals surface area contributed by atoms with Gasteiger partial charge in [0.1, 0.15) is 5.65 Å². The van der Waals surface area contributed by atoms with E-state index in [1.54, 1.807) is 0 Å². The number of hydrogen-bond acceptors (Lipinski definition) is 3. The number of hydrogen-bond donors (Lipinski definition) is 2. The average Bonchev–Trinajstić information content (AvgIpc) is 2.75. The average molecular weight is 245 g/mol. The standard InChI is InChI=1S/C14H19N3O/c1-2-18-12-6-11(7-12)16-8-10-9-17-14-13(10)4-3-5-15-14/h3-5,9,11-12,16H,2,6-8H2,1H3,(H,15,17). The quantitative estimate of drug-likeness (QED) is 0.849. The lowest BCUT2D eigenvalue weighted by molar-refractivity contribution is -0.0102. The van der Waals surface area contributed by atoms with E-state index in [1.807, 2.05) is 18.5 Å². The van der Waals surface area contributed by atoms with Crippen molar-refractivity contribution in [3.8, 4) is 0 Å². The smallest absolute Gasteiger partial charge is 0.137 e. The number of aromatic amines is 1. The summed E-state index contributed by atoms with van der Waals surface area (Å²) in [4.78, 5) is 7.50. The number of rotatable bonds is 5. The van der Waals surface area contributed by atoms with Crippen LogP contribution >= 0.6 is 0 Å². The van der Waals surface area contributed by atoms with Gasteiger partial charge < -0.3 is 15.0 Å². The third-order valence-corrected chi connectivity index (χ3v) is 3.62. The van der Waals surface area contributed by atoms with Crippen molar-refractivity contribution >= 4 is 11.0 Å². The van der Waals surface area contributed by atoms with E-state index in [9.17, 15) is 0 Å². The van der Waals surface area contributed by atoms with Gasteiger partial charge in [0.25, 0.3) is 0 Å². The van der Waals surface area contributed by atoms with Crippen LogP contribution in [0.5, 0.6) is 0 Å². The number of pyridine rings is 1. The lowest BCUT2D eigenvalue weighted by Gasteiger charge is -2.35. The highest BCUT2D eigenvalue weighted by Crippen LogP contribution is 2.24. The van der Waals surface area contributed by atoms with Crippen LogP contribution in [0.3, 0.4) is 0 Å². The zero-order valence-corrected chi connectivity index (χ0v) is 10.6. The largest absolute Gasteiger partial charge is 0.378 e. The Balaban J connectivity index is 1.55. The second-order valence-corrected chi connectivity index (χ2v) is 4.84. The summed E-state index contributed by atoms with van der Waals surface area (Å²) in [6.07, 6.45) is 6.60. The molecule has 18 heavy (non-hydrogen) atoms. The first-order valence-corrected chi connectivity index (χ1v) is 6.62. The minimum Gasteiger partial charge on any atom is -0.378 e. The molecule has 0 aliphatic heterocycles. The summed E-state index contributed by atoms with van der Waals surface area (Å²) in [5.74, 6) is 0. The minimum absolute atomic E-state index is 0.470. The van der Waals surface area contributed by atoms with Crippen LogP contribution in [0.1, 0.15) is 25.3 Å². The van der Waals surface area contributed by atoms with Crippen molar-refractivity contribution in [2.24, 2.45) is 0 Å². The summed E-state index contributed by atoms with van der Waals surface area (Å²) in [7, 11) is 0. The lowest BCUT2D eigenvalue weighted by Crippen LogP contribution is -2.45. The van der Waals surface area contributed by atoms with E-state index in [0.717, 1.165) is 31.6 Å². The fraction of sp³-hybridized carbons (Fsp3) is 0.500. The molecule has 0 atom stereocenters. The Hall–Kier alpha value is -1.39. The third kappa shape index (κ3) is 2.26. The van der Waals surface area contributed by atoms with E-state index in [2.05, 4.69) is 28.3 Å². The summed E-state index contributed by atoms with van der Waals surface area (Å²) < 4.78 is 5.56. The van der Waals surface area contributed by atoms with Gasteiger partial charge in [-0.05, 0) is 37.5 Å². The first kappa shape index (κ1) is 11.7. The molecule has 96 valence electrons. The third-order valence-electron chi connectivity index (χ3n) is 3.62. The van der Waals surface area contributed by atoms with Crippen LogP contribution in [-0.4, -0.2) is 28.7 Å². The number of ether oxygens (including phenoxy) is 1.